The largest absolute Gasteiger partial charge is 0.481 e. The highest BCUT2D eigenvalue weighted by atomic mass is 16.4. The van der Waals surface area contributed by atoms with Crippen LogP contribution in [0, 0.1) is 0 Å². The molecule has 0 aromatic rings. The maximum absolute atomic E-state index is 9.00. The van der Waals surface area contributed by atoms with Crippen LogP contribution in [0.3, 0.4) is 0 Å². The van der Waals surface area contributed by atoms with Crippen LogP contribution in [0.15, 0.2) is 0 Å². The second kappa shape index (κ2) is 43.0. The van der Waals surface area contributed by atoms with Gasteiger partial charge in [-0.25, -0.2) is 0 Å². The van der Waals surface area contributed by atoms with Crippen molar-refractivity contribution in [3.05, 3.63) is 0 Å². The van der Waals surface area contributed by atoms with E-state index in [9.17, 15) is 0 Å². The second-order valence-electron chi connectivity index (χ2n) is 3.48. The molecule has 7 N–H and O–H groups in total. The van der Waals surface area contributed by atoms with E-state index in [1.54, 1.807) is 0 Å². The molecule has 0 unspecified atom stereocenters. The maximum Gasteiger partial charge on any atom is 0.300 e. The zero-order valence-corrected chi connectivity index (χ0v) is 15.6. The highest BCUT2D eigenvalue weighted by Crippen LogP contribution is 1.47. The van der Waals surface area contributed by atoms with E-state index in [1.807, 2.05) is 0 Å². The molecule has 0 atom stereocenters. The Morgan fingerprint density at radius 2 is 0.720 bits per heavy atom. The molecule has 0 saturated carbocycles. The molecule has 0 aliphatic rings. The Hall–Kier alpha value is -2.24. The Morgan fingerprint density at radius 3 is 0.720 bits per heavy atom. The molecule has 0 aliphatic heterocycles. The van der Waals surface area contributed by atoms with Crippen molar-refractivity contribution in [3.8, 4) is 0 Å². The van der Waals surface area contributed by atoms with E-state index < -0.39 is 23.9 Å². The molecular weight excluding hydrogens is 342 g/mol. The number of aliphatic hydroxyl groups is 2. The van der Waals surface area contributed by atoms with Crippen molar-refractivity contribution in [2.75, 3.05) is 26.3 Å². The lowest BCUT2D eigenvalue weighted by Gasteiger charge is -1.86. The van der Waals surface area contributed by atoms with E-state index in [-0.39, 0.29) is 13.2 Å². The highest BCUT2D eigenvalue weighted by Gasteiger charge is 1.66. The Labute approximate surface area is 147 Å². The molecule has 0 aliphatic carbocycles. The molecule has 0 aromatic heterocycles. The summed E-state index contributed by atoms with van der Waals surface area (Å²) in [5, 5.41) is 48.0. The van der Waals surface area contributed by atoms with Gasteiger partial charge in [-0.15, -0.1) is 0 Å². The van der Waals surface area contributed by atoms with Crippen LogP contribution in [-0.2, 0) is 19.2 Å². The number of carboxylic acid groups (broad SMARTS) is 4. The standard InChI is InChI=1S/C4H11N.4C2H4O2.C2H6O2/c1-3-5-4-2;4*1-2(3)4;3-1-2-4/h5H,3-4H2,1-2H3;4*1H3,(H,3,4);3-4H,1-2H2. The van der Waals surface area contributed by atoms with E-state index in [0.29, 0.717) is 0 Å². The predicted molar refractivity (Wildman–Crippen MR) is 91.6 cm³/mol. The zero-order chi connectivity index (χ0) is 21.8. The number of hydrogen-bond donors (Lipinski definition) is 7. The van der Waals surface area contributed by atoms with Crippen molar-refractivity contribution in [3.63, 3.8) is 0 Å². The molecule has 0 bridgehead atoms. The van der Waals surface area contributed by atoms with Crippen molar-refractivity contribution in [2.45, 2.75) is 41.5 Å². The minimum atomic E-state index is -0.833. The van der Waals surface area contributed by atoms with E-state index in [1.165, 1.54) is 0 Å². The van der Waals surface area contributed by atoms with Crippen LogP contribution in [0.2, 0.25) is 0 Å². The number of hydrogen-bond acceptors (Lipinski definition) is 7. The molecular formula is C14H33NO10. The van der Waals surface area contributed by atoms with Gasteiger partial charge >= 0.3 is 0 Å². The fraction of sp³-hybridized carbons (Fsp3) is 0.714. The van der Waals surface area contributed by atoms with Crippen molar-refractivity contribution in [1.29, 1.82) is 0 Å². The molecule has 0 spiro atoms. The van der Waals surface area contributed by atoms with Crippen molar-refractivity contribution < 1.29 is 49.8 Å². The Bertz CT molecular complexity index is 227. The van der Waals surface area contributed by atoms with Gasteiger partial charge in [-0.2, -0.15) is 0 Å². The molecule has 0 saturated heterocycles. The molecule has 11 nitrogen and oxygen atoms in total. The van der Waals surface area contributed by atoms with Gasteiger partial charge in [0.25, 0.3) is 23.9 Å². The highest BCUT2D eigenvalue weighted by molar-refractivity contribution is 5.63. The van der Waals surface area contributed by atoms with Crippen LogP contribution in [0.25, 0.3) is 0 Å². The van der Waals surface area contributed by atoms with Gasteiger partial charge in [0.1, 0.15) is 0 Å². The Balaban J connectivity index is -0.0000000434. The first-order chi connectivity index (χ1) is 11.3. The number of nitrogens with one attached hydrogen (secondary N) is 1. The first kappa shape index (κ1) is 38.4. The molecule has 11 heteroatoms. The number of carboxylic acids is 4. The van der Waals surface area contributed by atoms with E-state index in [2.05, 4.69) is 19.2 Å². The van der Waals surface area contributed by atoms with Gasteiger partial charge in [-0.05, 0) is 13.1 Å². The summed E-state index contributed by atoms with van der Waals surface area (Å²) in [7, 11) is 0. The average Bonchev–Trinajstić information content (AvgIpc) is 2.37. The summed E-state index contributed by atoms with van der Waals surface area (Å²) in [5.74, 6) is -3.33. The van der Waals surface area contributed by atoms with Crippen LogP contribution >= 0.6 is 0 Å². The molecule has 25 heavy (non-hydrogen) atoms. The molecule has 0 rings (SSSR count). The molecule has 154 valence electrons. The third-order valence-electron chi connectivity index (χ3n) is 0.600. The Morgan fingerprint density at radius 1 is 0.600 bits per heavy atom. The van der Waals surface area contributed by atoms with Crippen molar-refractivity contribution >= 4 is 23.9 Å². The van der Waals surface area contributed by atoms with Gasteiger partial charge in [0.05, 0.1) is 13.2 Å². The van der Waals surface area contributed by atoms with Gasteiger partial charge in [0.15, 0.2) is 0 Å². The Kier molecular flexibility index (Phi) is 66.1. The van der Waals surface area contributed by atoms with Crippen LogP contribution < -0.4 is 5.32 Å². The summed E-state index contributed by atoms with van der Waals surface area (Å²) in [6.07, 6.45) is 0. The first-order valence-electron chi connectivity index (χ1n) is 6.96. The van der Waals surface area contributed by atoms with Gasteiger partial charge < -0.3 is 36.0 Å². The maximum atomic E-state index is 9.00. The van der Waals surface area contributed by atoms with Crippen LogP contribution in [0.4, 0.5) is 0 Å². The number of rotatable bonds is 3. The quantitative estimate of drug-likeness (QED) is 0.348. The van der Waals surface area contributed by atoms with E-state index >= 15 is 0 Å². The summed E-state index contributed by atoms with van der Waals surface area (Å²) in [6, 6.07) is 0. The topological polar surface area (TPSA) is 202 Å². The minimum absolute atomic E-state index is 0.125. The average molecular weight is 375 g/mol. The fourth-order valence-corrected chi connectivity index (χ4v) is 0.250. The van der Waals surface area contributed by atoms with Gasteiger partial charge in [-0.1, -0.05) is 13.8 Å². The van der Waals surface area contributed by atoms with E-state index in [4.69, 9.17) is 49.8 Å². The summed E-state index contributed by atoms with van der Waals surface area (Å²) in [5.41, 5.74) is 0. The van der Waals surface area contributed by atoms with Crippen LogP contribution in [-0.4, -0.2) is 80.8 Å². The summed E-state index contributed by atoms with van der Waals surface area (Å²) < 4.78 is 0. The molecule has 0 radical (unpaired) electrons. The predicted octanol–water partition coefficient (Wildman–Crippen LogP) is -0.0496. The summed E-state index contributed by atoms with van der Waals surface area (Å²) in [6.45, 7) is 10.5. The van der Waals surface area contributed by atoms with Gasteiger partial charge in [0, 0.05) is 27.7 Å². The zero-order valence-electron chi connectivity index (χ0n) is 15.6. The third-order valence-corrected chi connectivity index (χ3v) is 0.600. The monoisotopic (exact) mass is 375 g/mol. The normalized spacial score (nSPS) is 6.88. The molecule has 0 fully saturated rings. The first-order valence-corrected chi connectivity index (χ1v) is 6.96. The smallest absolute Gasteiger partial charge is 0.300 e. The van der Waals surface area contributed by atoms with Gasteiger partial charge in [-0.3, -0.25) is 19.2 Å². The fourth-order valence-electron chi connectivity index (χ4n) is 0.250. The summed E-state index contributed by atoms with van der Waals surface area (Å²) >= 11 is 0. The van der Waals surface area contributed by atoms with Crippen molar-refractivity contribution in [1.82, 2.24) is 5.32 Å². The number of aliphatic carboxylic acids is 4. The van der Waals surface area contributed by atoms with Gasteiger partial charge in [0.2, 0.25) is 0 Å². The number of aliphatic hydroxyl groups excluding tert-OH is 2. The molecule has 0 amide bonds. The summed E-state index contributed by atoms with van der Waals surface area (Å²) in [4.78, 5) is 36.0. The van der Waals surface area contributed by atoms with Crippen LogP contribution in [0.5, 0.6) is 0 Å². The SMILES string of the molecule is CC(=O)O.CC(=O)O.CC(=O)O.CC(=O)O.CCNCC.OCCO. The number of carbonyl (C=O) groups is 4. The second-order valence-corrected chi connectivity index (χ2v) is 3.48. The van der Waals surface area contributed by atoms with Crippen LogP contribution in [0.1, 0.15) is 41.5 Å². The lowest BCUT2D eigenvalue weighted by atomic mass is 10.7. The van der Waals surface area contributed by atoms with E-state index in [0.717, 1.165) is 40.8 Å². The lowest BCUT2D eigenvalue weighted by molar-refractivity contribution is -0.135. The van der Waals surface area contributed by atoms with Crippen molar-refractivity contribution in [2.24, 2.45) is 0 Å². The molecule has 0 aromatic carbocycles. The molecule has 0 heterocycles. The minimum Gasteiger partial charge on any atom is -0.481 e. The lowest BCUT2D eigenvalue weighted by Crippen LogP contribution is -2.09. The third kappa shape index (κ3) is 14700.